The summed E-state index contributed by atoms with van der Waals surface area (Å²) < 4.78 is 13.7. The predicted molar refractivity (Wildman–Crippen MR) is 78.1 cm³/mol. The van der Waals surface area contributed by atoms with Gasteiger partial charge in [0.2, 0.25) is 0 Å². The largest absolute Gasteiger partial charge is 0.382 e. The molecule has 0 unspecified atom stereocenters. The zero-order valence-corrected chi connectivity index (χ0v) is 12.2. The number of nitrogens with two attached hydrogens (primary N) is 1. The second kappa shape index (κ2) is 5.54. The number of nitrogens with zero attached hydrogens (tertiary/aromatic N) is 1. The molecule has 1 amide bonds. The van der Waals surface area contributed by atoms with Crippen LogP contribution in [0, 0.1) is 5.82 Å². The maximum atomic E-state index is 13.3. The topological polar surface area (TPSA) is 80.0 Å². The quantitative estimate of drug-likeness (QED) is 0.799. The molecule has 0 saturated heterocycles. The molecule has 100 valence electrons. The number of rotatable bonds is 3. The summed E-state index contributed by atoms with van der Waals surface area (Å²) in [6, 6.07) is 4.32. The number of anilines is 3. The third kappa shape index (κ3) is 3.02. The number of thiazole rings is 1. The van der Waals surface area contributed by atoms with Crippen molar-refractivity contribution in [2.45, 2.75) is 0 Å². The molecule has 0 aliphatic heterocycles. The van der Waals surface area contributed by atoms with Gasteiger partial charge in [0.25, 0.3) is 5.91 Å². The molecule has 0 saturated carbocycles. The molecule has 19 heavy (non-hydrogen) atoms. The highest BCUT2D eigenvalue weighted by atomic mass is 79.9. The van der Waals surface area contributed by atoms with Crippen molar-refractivity contribution in [2.75, 3.05) is 23.4 Å². The Labute approximate surface area is 121 Å². The summed E-state index contributed by atoms with van der Waals surface area (Å²) in [6.07, 6.45) is 0. The molecule has 0 radical (unpaired) electrons. The van der Waals surface area contributed by atoms with Gasteiger partial charge in [0.05, 0.1) is 4.47 Å². The van der Waals surface area contributed by atoms with Crippen molar-refractivity contribution in [1.82, 2.24) is 4.98 Å². The Bertz CT molecular complexity index is 631. The second-order valence-corrected chi connectivity index (χ2v) is 5.42. The summed E-state index contributed by atoms with van der Waals surface area (Å²) in [5, 5.41) is 5.92. The number of amides is 1. The van der Waals surface area contributed by atoms with Gasteiger partial charge < -0.3 is 16.4 Å². The van der Waals surface area contributed by atoms with Crippen molar-refractivity contribution < 1.29 is 9.18 Å². The molecule has 0 aliphatic carbocycles. The molecule has 0 spiro atoms. The SMILES string of the molecule is CNc1nc(N)c(C(=O)Nc2ccc(Br)c(F)c2)s1. The Kier molecular flexibility index (Phi) is 4.01. The van der Waals surface area contributed by atoms with Crippen molar-refractivity contribution in [3.63, 3.8) is 0 Å². The van der Waals surface area contributed by atoms with E-state index in [0.717, 1.165) is 11.3 Å². The zero-order chi connectivity index (χ0) is 14.0. The Morgan fingerprint density at radius 3 is 2.84 bits per heavy atom. The monoisotopic (exact) mass is 344 g/mol. The minimum atomic E-state index is -0.453. The van der Waals surface area contributed by atoms with E-state index in [2.05, 4.69) is 31.5 Å². The van der Waals surface area contributed by atoms with Crippen LogP contribution in [-0.2, 0) is 0 Å². The average Bonchev–Trinajstić information content (AvgIpc) is 2.75. The molecule has 1 aromatic heterocycles. The van der Waals surface area contributed by atoms with Crippen molar-refractivity contribution in [3.05, 3.63) is 33.4 Å². The summed E-state index contributed by atoms with van der Waals surface area (Å²) >= 11 is 4.17. The van der Waals surface area contributed by atoms with Crippen LogP contribution in [0.4, 0.5) is 21.0 Å². The van der Waals surface area contributed by atoms with E-state index in [0.29, 0.717) is 15.3 Å². The van der Waals surface area contributed by atoms with Crippen LogP contribution in [-0.4, -0.2) is 17.9 Å². The van der Waals surface area contributed by atoms with E-state index in [1.807, 2.05) is 0 Å². The number of halogens is 2. The minimum absolute atomic E-state index is 0.143. The number of aromatic nitrogens is 1. The number of carbonyl (C=O) groups is 1. The van der Waals surface area contributed by atoms with E-state index in [4.69, 9.17) is 5.73 Å². The van der Waals surface area contributed by atoms with Gasteiger partial charge in [-0.1, -0.05) is 11.3 Å². The van der Waals surface area contributed by atoms with Crippen LogP contribution in [0.5, 0.6) is 0 Å². The first-order valence-electron chi connectivity index (χ1n) is 5.21. The van der Waals surface area contributed by atoms with E-state index >= 15 is 0 Å². The highest BCUT2D eigenvalue weighted by Gasteiger charge is 2.16. The summed E-state index contributed by atoms with van der Waals surface area (Å²) in [5.74, 6) is -0.728. The molecular weight excluding hydrogens is 335 g/mol. The fraction of sp³-hybridized carbons (Fsp3) is 0.0909. The highest BCUT2D eigenvalue weighted by Crippen LogP contribution is 2.26. The van der Waals surface area contributed by atoms with Crippen LogP contribution in [0.2, 0.25) is 0 Å². The second-order valence-electron chi connectivity index (χ2n) is 3.57. The molecule has 5 nitrogen and oxygen atoms in total. The average molecular weight is 345 g/mol. The van der Waals surface area contributed by atoms with E-state index in [1.165, 1.54) is 12.1 Å². The van der Waals surface area contributed by atoms with Gasteiger partial charge in [0.1, 0.15) is 16.5 Å². The van der Waals surface area contributed by atoms with Crippen molar-refractivity contribution in [1.29, 1.82) is 0 Å². The lowest BCUT2D eigenvalue weighted by atomic mass is 10.3. The molecule has 0 fully saturated rings. The number of hydrogen-bond acceptors (Lipinski definition) is 5. The molecule has 0 bridgehead atoms. The first-order chi connectivity index (χ1) is 9.01. The van der Waals surface area contributed by atoms with Crippen LogP contribution >= 0.6 is 27.3 Å². The molecule has 2 aromatic rings. The Morgan fingerprint density at radius 2 is 2.26 bits per heavy atom. The van der Waals surface area contributed by atoms with Gasteiger partial charge in [-0.05, 0) is 34.1 Å². The number of nitrogen functional groups attached to an aromatic ring is 1. The third-order valence-corrected chi connectivity index (χ3v) is 3.98. The Hall–Kier alpha value is -1.67. The maximum Gasteiger partial charge on any atom is 0.269 e. The highest BCUT2D eigenvalue weighted by molar-refractivity contribution is 9.10. The van der Waals surface area contributed by atoms with Crippen molar-refractivity contribution in [3.8, 4) is 0 Å². The van der Waals surface area contributed by atoms with Crippen LogP contribution in [0.15, 0.2) is 22.7 Å². The molecule has 2 rings (SSSR count). The van der Waals surface area contributed by atoms with E-state index in [1.54, 1.807) is 13.1 Å². The predicted octanol–water partition coefficient (Wildman–Crippen LogP) is 2.92. The van der Waals surface area contributed by atoms with Gasteiger partial charge in [-0.2, -0.15) is 0 Å². The molecule has 1 aromatic carbocycles. The first-order valence-corrected chi connectivity index (χ1v) is 6.82. The summed E-state index contributed by atoms with van der Waals surface area (Å²) in [5.41, 5.74) is 5.99. The number of nitrogens with one attached hydrogen (secondary N) is 2. The molecule has 0 aliphatic rings. The minimum Gasteiger partial charge on any atom is -0.382 e. The number of benzene rings is 1. The van der Waals surface area contributed by atoms with E-state index in [-0.39, 0.29) is 10.7 Å². The van der Waals surface area contributed by atoms with Gasteiger partial charge in [-0.3, -0.25) is 4.79 Å². The van der Waals surface area contributed by atoms with E-state index in [9.17, 15) is 9.18 Å². The standard InChI is InChI=1S/C11H10BrFN4OS/c1-15-11-17-9(14)8(19-11)10(18)16-5-2-3-6(12)7(13)4-5/h2-4H,14H2,1H3,(H,15,17)(H,16,18). The number of hydrogen-bond donors (Lipinski definition) is 3. The molecule has 0 atom stereocenters. The fourth-order valence-corrected chi connectivity index (χ4v) is 2.34. The Balaban J connectivity index is 2.20. The zero-order valence-electron chi connectivity index (χ0n) is 9.83. The smallest absolute Gasteiger partial charge is 0.269 e. The summed E-state index contributed by atoms with van der Waals surface area (Å²) in [4.78, 5) is 16.2. The molecule has 1 heterocycles. The Morgan fingerprint density at radius 1 is 1.53 bits per heavy atom. The van der Waals surface area contributed by atoms with Gasteiger partial charge >= 0.3 is 0 Å². The first kappa shape index (κ1) is 13.8. The normalized spacial score (nSPS) is 10.3. The maximum absolute atomic E-state index is 13.3. The lowest BCUT2D eigenvalue weighted by Crippen LogP contribution is -2.12. The van der Waals surface area contributed by atoms with Crippen molar-refractivity contribution >= 4 is 49.8 Å². The molecule has 4 N–H and O–H groups in total. The van der Waals surface area contributed by atoms with Crippen molar-refractivity contribution in [2.24, 2.45) is 0 Å². The molecular formula is C11H10BrFN4OS. The third-order valence-electron chi connectivity index (χ3n) is 2.25. The van der Waals surface area contributed by atoms with Crippen LogP contribution in [0.3, 0.4) is 0 Å². The van der Waals surface area contributed by atoms with Crippen LogP contribution in [0.25, 0.3) is 0 Å². The van der Waals surface area contributed by atoms with Gasteiger partial charge in [-0.15, -0.1) is 0 Å². The summed E-state index contributed by atoms with van der Waals surface area (Å²) in [7, 11) is 1.68. The number of carbonyl (C=O) groups excluding carboxylic acids is 1. The lowest BCUT2D eigenvalue weighted by molar-refractivity contribution is 0.103. The lowest BCUT2D eigenvalue weighted by Gasteiger charge is -2.04. The fourth-order valence-electron chi connectivity index (χ4n) is 1.36. The van der Waals surface area contributed by atoms with Gasteiger partial charge in [0, 0.05) is 12.7 Å². The molecule has 8 heteroatoms. The van der Waals surface area contributed by atoms with Gasteiger partial charge in [0.15, 0.2) is 5.13 Å². The van der Waals surface area contributed by atoms with E-state index < -0.39 is 11.7 Å². The van der Waals surface area contributed by atoms with Crippen LogP contribution in [0.1, 0.15) is 9.67 Å². The summed E-state index contributed by atoms with van der Waals surface area (Å²) in [6.45, 7) is 0. The van der Waals surface area contributed by atoms with Gasteiger partial charge in [-0.25, -0.2) is 9.37 Å². The van der Waals surface area contributed by atoms with Crippen LogP contribution < -0.4 is 16.4 Å².